The zero-order valence-electron chi connectivity index (χ0n) is 19.6. The summed E-state index contributed by atoms with van der Waals surface area (Å²) in [5.41, 5.74) is 0.816. The summed E-state index contributed by atoms with van der Waals surface area (Å²) in [6.45, 7) is 4.74. The minimum atomic E-state index is -4.02. The topological polar surface area (TPSA) is 81.5 Å². The van der Waals surface area contributed by atoms with Gasteiger partial charge in [-0.05, 0) is 43.2 Å². The van der Waals surface area contributed by atoms with Crippen molar-refractivity contribution in [2.24, 2.45) is 0 Å². The molecule has 0 N–H and O–H groups in total. The molecule has 1 aliphatic heterocycles. The molecule has 1 amide bonds. The van der Waals surface area contributed by atoms with Gasteiger partial charge in [-0.3, -0.25) is 4.79 Å². The standard InChI is InChI=1S/C26H27F2N3O4S/c1-2-13-30(25(32)19-9-11-21(27)12-10-19)16-22-15-29-26(31(22)17-23-7-5-14-35-23)36(33,34)18-20-6-3-4-8-24(20)28/h2-4,6,8-12,15,23H,1,5,7,13-14,16-18H2/t23-/m0/s1. The molecule has 0 bridgehead atoms. The molecule has 0 saturated carbocycles. The normalized spacial score (nSPS) is 15.7. The van der Waals surface area contributed by atoms with Gasteiger partial charge in [0, 0.05) is 24.3 Å². The molecule has 7 nitrogen and oxygen atoms in total. The van der Waals surface area contributed by atoms with Crippen molar-refractivity contribution in [3.63, 3.8) is 0 Å². The molecule has 2 heterocycles. The summed E-state index contributed by atoms with van der Waals surface area (Å²) in [5.74, 6) is -1.98. The molecule has 4 rings (SSSR count). The summed E-state index contributed by atoms with van der Waals surface area (Å²) in [7, 11) is -4.02. The Balaban J connectivity index is 1.67. The number of sulfone groups is 1. The molecule has 190 valence electrons. The maximum absolute atomic E-state index is 14.2. The lowest BCUT2D eigenvalue weighted by atomic mass is 10.2. The Labute approximate surface area is 208 Å². The Bertz CT molecular complexity index is 1330. The van der Waals surface area contributed by atoms with Crippen LogP contribution in [0.3, 0.4) is 0 Å². The van der Waals surface area contributed by atoms with Gasteiger partial charge in [-0.25, -0.2) is 22.2 Å². The van der Waals surface area contributed by atoms with Crippen molar-refractivity contribution in [3.8, 4) is 0 Å². The average Bonchev–Trinajstić information content (AvgIpc) is 3.51. The number of nitrogens with zero attached hydrogens (tertiary/aromatic N) is 3. The first-order chi connectivity index (χ1) is 17.3. The number of rotatable bonds is 10. The van der Waals surface area contributed by atoms with E-state index in [4.69, 9.17) is 4.74 Å². The number of benzene rings is 2. The van der Waals surface area contributed by atoms with E-state index >= 15 is 0 Å². The predicted molar refractivity (Wildman–Crippen MR) is 130 cm³/mol. The van der Waals surface area contributed by atoms with Gasteiger partial charge in [0.2, 0.25) is 15.0 Å². The Kier molecular flexibility index (Phi) is 7.95. The van der Waals surface area contributed by atoms with Crippen molar-refractivity contribution in [2.75, 3.05) is 13.2 Å². The van der Waals surface area contributed by atoms with Crippen molar-refractivity contribution in [1.29, 1.82) is 0 Å². The SMILES string of the molecule is C=CCN(Cc1cnc(S(=O)(=O)Cc2ccccc2F)n1C[C@@H]1CCCO1)C(=O)c1ccc(F)cc1. The monoisotopic (exact) mass is 515 g/mol. The molecule has 0 radical (unpaired) electrons. The second-order valence-electron chi connectivity index (χ2n) is 8.61. The van der Waals surface area contributed by atoms with E-state index in [1.54, 1.807) is 16.7 Å². The van der Waals surface area contributed by atoms with Gasteiger partial charge in [-0.15, -0.1) is 6.58 Å². The fourth-order valence-electron chi connectivity index (χ4n) is 4.18. The molecule has 3 aromatic rings. The van der Waals surface area contributed by atoms with Gasteiger partial charge in [-0.2, -0.15) is 0 Å². The van der Waals surface area contributed by atoms with Crippen LogP contribution >= 0.6 is 0 Å². The third-order valence-electron chi connectivity index (χ3n) is 5.97. The summed E-state index contributed by atoms with van der Waals surface area (Å²) < 4.78 is 61.5. The van der Waals surface area contributed by atoms with E-state index < -0.39 is 27.2 Å². The molecule has 1 fully saturated rings. The maximum atomic E-state index is 14.2. The van der Waals surface area contributed by atoms with Crippen LogP contribution in [-0.4, -0.2) is 48.0 Å². The van der Waals surface area contributed by atoms with Crippen LogP contribution in [0.5, 0.6) is 0 Å². The van der Waals surface area contributed by atoms with Gasteiger partial charge in [0.05, 0.1) is 36.8 Å². The molecule has 1 atom stereocenters. The van der Waals surface area contributed by atoms with E-state index in [0.29, 0.717) is 12.3 Å². The Morgan fingerprint density at radius 2 is 1.94 bits per heavy atom. The molecular weight excluding hydrogens is 488 g/mol. The average molecular weight is 516 g/mol. The summed E-state index contributed by atoms with van der Waals surface area (Å²) >= 11 is 0. The van der Waals surface area contributed by atoms with E-state index in [1.165, 1.54) is 53.6 Å². The largest absolute Gasteiger partial charge is 0.376 e. The summed E-state index contributed by atoms with van der Waals surface area (Å²) in [5, 5.41) is -0.205. The Morgan fingerprint density at radius 3 is 2.61 bits per heavy atom. The minimum Gasteiger partial charge on any atom is -0.376 e. The number of carbonyl (C=O) groups is 1. The van der Waals surface area contributed by atoms with Crippen LogP contribution in [0, 0.1) is 11.6 Å². The van der Waals surface area contributed by atoms with Crippen LogP contribution in [0.15, 0.2) is 72.5 Å². The van der Waals surface area contributed by atoms with Gasteiger partial charge in [0.1, 0.15) is 11.6 Å². The highest BCUT2D eigenvalue weighted by molar-refractivity contribution is 7.90. The van der Waals surface area contributed by atoms with E-state index in [0.717, 1.165) is 12.8 Å². The first-order valence-corrected chi connectivity index (χ1v) is 13.2. The molecule has 1 saturated heterocycles. The molecule has 1 aliphatic rings. The lowest BCUT2D eigenvalue weighted by Crippen LogP contribution is -2.32. The molecule has 10 heteroatoms. The number of ether oxygens (including phenoxy) is 1. The van der Waals surface area contributed by atoms with E-state index in [2.05, 4.69) is 11.6 Å². The fraction of sp³-hybridized carbons (Fsp3) is 0.308. The van der Waals surface area contributed by atoms with E-state index in [9.17, 15) is 22.0 Å². The fourth-order valence-corrected chi connectivity index (χ4v) is 5.70. The zero-order chi connectivity index (χ0) is 25.7. The lowest BCUT2D eigenvalue weighted by Gasteiger charge is -2.23. The second kappa shape index (κ2) is 11.1. The van der Waals surface area contributed by atoms with E-state index in [-0.39, 0.29) is 47.9 Å². The number of hydrogen-bond acceptors (Lipinski definition) is 5. The van der Waals surface area contributed by atoms with Crippen LogP contribution in [0.4, 0.5) is 8.78 Å². The number of amides is 1. The summed E-state index contributed by atoms with van der Waals surface area (Å²) in [6.07, 6.45) is 4.38. The number of halogens is 2. The van der Waals surface area contributed by atoms with Gasteiger partial charge in [0.15, 0.2) is 0 Å². The molecule has 36 heavy (non-hydrogen) atoms. The third-order valence-corrected chi connectivity index (χ3v) is 7.55. The quantitative estimate of drug-likeness (QED) is 0.379. The van der Waals surface area contributed by atoms with Crippen LogP contribution in [0.2, 0.25) is 0 Å². The zero-order valence-corrected chi connectivity index (χ0v) is 20.5. The number of carbonyl (C=O) groups excluding carboxylic acids is 1. The smallest absolute Gasteiger partial charge is 0.254 e. The van der Waals surface area contributed by atoms with Gasteiger partial charge in [0.25, 0.3) is 5.91 Å². The molecule has 0 spiro atoms. The second-order valence-corrected chi connectivity index (χ2v) is 10.5. The van der Waals surface area contributed by atoms with Gasteiger partial charge in [-0.1, -0.05) is 24.3 Å². The van der Waals surface area contributed by atoms with Crippen LogP contribution in [0.25, 0.3) is 0 Å². The van der Waals surface area contributed by atoms with Crippen LogP contribution < -0.4 is 0 Å². The highest BCUT2D eigenvalue weighted by atomic mass is 32.2. The number of hydrogen-bond donors (Lipinski definition) is 0. The molecule has 1 aromatic heterocycles. The van der Waals surface area contributed by atoms with Crippen LogP contribution in [-0.2, 0) is 33.4 Å². The highest BCUT2D eigenvalue weighted by Gasteiger charge is 2.29. The third kappa shape index (κ3) is 5.88. The first-order valence-electron chi connectivity index (χ1n) is 11.6. The van der Waals surface area contributed by atoms with Crippen molar-refractivity contribution >= 4 is 15.7 Å². The Hall–Kier alpha value is -3.37. The number of aromatic nitrogens is 2. The molecule has 0 unspecified atom stereocenters. The van der Waals surface area contributed by atoms with Crippen LogP contribution in [0.1, 0.15) is 34.5 Å². The summed E-state index contributed by atoms with van der Waals surface area (Å²) in [4.78, 5) is 18.8. The minimum absolute atomic E-state index is 0.0389. The maximum Gasteiger partial charge on any atom is 0.254 e. The van der Waals surface area contributed by atoms with E-state index in [1.807, 2.05) is 0 Å². The number of imidazole rings is 1. The molecule has 0 aliphatic carbocycles. The molecular formula is C26H27F2N3O4S. The first kappa shape index (κ1) is 25.7. The van der Waals surface area contributed by atoms with Crippen molar-refractivity contribution < 1.29 is 26.7 Å². The van der Waals surface area contributed by atoms with Gasteiger partial charge >= 0.3 is 0 Å². The van der Waals surface area contributed by atoms with Crippen molar-refractivity contribution in [3.05, 3.63) is 95.8 Å². The Morgan fingerprint density at radius 1 is 1.19 bits per heavy atom. The molecule has 2 aromatic carbocycles. The predicted octanol–water partition coefficient (Wildman–Crippen LogP) is 4.14. The lowest BCUT2D eigenvalue weighted by molar-refractivity contribution is 0.0751. The summed E-state index contributed by atoms with van der Waals surface area (Å²) in [6, 6.07) is 10.9. The highest BCUT2D eigenvalue weighted by Crippen LogP contribution is 2.23. The van der Waals surface area contributed by atoms with Crippen molar-refractivity contribution in [2.45, 2.75) is 42.9 Å². The van der Waals surface area contributed by atoms with Gasteiger partial charge < -0.3 is 14.2 Å². The van der Waals surface area contributed by atoms with Crippen molar-refractivity contribution in [1.82, 2.24) is 14.5 Å².